The summed E-state index contributed by atoms with van der Waals surface area (Å²) >= 11 is 0. The second-order valence-corrected chi connectivity index (χ2v) is 9.08. The molecule has 1 aliphatic heterocycles. The first-order valence-electron chi connectivity index (χ1n) is 10.00. The average molecular weight is 413 g/mol. The Labute approximate surface area is 172 Å². The van der Waals surface area contributed by atoms with Crippen molar-refractivity contribution >= 4 is 24.8 Å². The van der Waals surface area contributed by atoms with Crippen molar-refractivity contribution in [3.8, 4) is 0 Å². The molecule has 0 N–H and O–H groups in total. The van der Waals surface area contributed by atoms with Gasteiger partial charge in [0.25, 0.3) is 5.91 Å². The molecular formula is C23H28NO4P. The van der Waals surface area contributed by atoms with E-state index in [4.69, 9.17) is 9.05 Å². The molecule has 0 aromatic heterocycles. The number of nitrogens with zero attached hydrogens (tertiary/aromatic N) is 1. The van der Waals surface area contributed by atoms with Gasteiger partial charge < -0.3 is 13.9 Å². The number of hydrogen-bond acceptors (Lipinski definition) is 4. The topological polar surface area (TPSA) is 55.8 Å². The van der Waals surface area contributed by atoms with Crippen molar-refractivity contribution in [3.63, 3.8) is 0 Å². The minimum atomic E-state index is -3.52. The Kier molecular flexibility index (Phi) is 6.74. The number of hydrogen-bond donors (Lipinski definition) is 0. The molecular weight excluding hydrogens is 385 g/mol. The smallest absolute Gasteiger partial charge is 0.306 e. The monoisotopic (exact) mass is 413 g/mol. The van der Waals surface area contributed by atoms with Crippen LogP contribution in [-0.2, 0) is 25.0 Å². The number of carbonyl (C=O) groups excluding carboxylic acids is 1. The van der Waals surface area contributed by atoms with E-state index in [1.165, 1.54) is 5.82 Å². The summed E-state index contributed by atoms with van der Waals surface area (Å²) in [4.78, 5) is 15.1. The maximum atomic E-state index is 13.4. The van der Waals surface area contributed by atoms with Gasteiger partial charge in [0.1, 0.15) is 0 Å². The Morgan fingerprint density at radius 1 is 1.03 bits per heavy atom. The Morgan fingerprint density at radius 2 is 1.69 bits per heavy atom. The van der Waals surface area contributed by atoms with Crippen molar-refractivity contribution in [2.45, 2.75) is 40.2 Å². The van der Waals surface area contributed by atoms with Crippen molar-refractivity contribution in [1.29, 1.82) is 0 Å². The minimum Gasteiger partial charge on any atom is -0.306 e. The van der Waals surface area contributed by atoms with Crippen molar-refractivity contribution in [1.82, 2.24) is 0 Å². The number of benzene rings is 2. The summed E-state index contributed by atoms with van der Waals surface area (Å²) in [7, 11) is -3.52. The molecule has 0 fully saturated rings. The Hall–Kier alpha value is -2.20. The van der Waals surface area contributed by atoms with Gasteiger partial charge in [-0.1, -0.05) is 50.2 Å². The third kappa shape index (κ3) is 4.69. The van der Waals surface area contributed by atoms with E-state index in [0.717, 1.165) is 22.4 Å². The molecule has 6 heteroatoms. The first-order valence-corrected chi connectivity index (χ1v) is 11.6. The van der Waals surface area contributed by atoms with Crippen LogP contribution in [0.1, 0.15) is 50.3 Å². The molecule has 0 aliphatic carbocycles. The fourth-order valence-electron chi connectivity index (χ4n) is 3.41. The van der Waals surface area contributed by atoms with Gasteiger partial charge in [-0.2, -0.15) is 0 Å². The second-order valence-electron chi connectivity index (χ2n) is 7.23. The van der Waals surface area contributed by atoms with Gasteiger partial charge in [-0.25, -0.2) is 0 Å². The first kappa shape index (κ1) is 21.5. The predicted octanol–water partition coefficient (Wildman–Crippen LogP) is 5.96. The normalized spacial score (nSPS) is 15.4. The molecule has 0 saturated carbocycles. The molecule has 0 atom stereocenters. The van der Waals surface area contributed by atoms with Crippen LogP contribution in [0.15, 0.2) is 54.3 Å². The van der Waals surface area contributed by atoms with E-state index in [1.807, 2.05) is 48.5 Å². The molecule has 0 saturated heterocycles. The van der Waals surface area contributed by atoms with E-state index in [9.17, 15) is 9.36 Å². The number of amides is 1. The van der Waals surface area contributed by atoms with Crippen LogP contribution in [0.25, 0.3) is 5.57 Å². The number of rotatable bonds is 8. The van der Waals surface area contributed by atoms with Crippen LogP contribution in [0.4, 0.5) is 5.69 Å². The summed E-state index contributed by atoms with van der Waals surface area (Å²) in [5.74, 6) is 1.52. The molecule has 0 spiro atoms. The van der Waals surface area contributed by atoms with Gasteiger partial charge in [0.15, 0.2) is 0 Å². The lowest BCUT2D eigenvalue weighted by molar-refractivity contribution is -0.113. The molecule has 1 heterocycles. The van der Waals surface area contributed by atoms with Crippen LogP contribution in [0.5, 0.6) is 0 Å². The van der Waals surface area contributed by atoms with Crippen molar-refractivity contribution < 1.29 is 18.4 Å². The minimum absolute atomic E-state index is 0.190. The highest BCUT2D eigenvalue weighted by Gasteiger charge is 2.36. The highest BCUT2D eigenvalue weighted by Crippen LogP contribution is 2.53. The molecule has 1 amide bonds. The van der Waals surface area contributed by atoms with Crippen LogP contribution in [0.3, 0.4) is 0 Å². The summed E-state index contributed by atoms with van der Waals surface area (Å²) < 4.78 is 23.9. The average Bonchev–Trinajstić information content (AvgIpc) is 2.94. The molecule has 1 aliphatic rings. The van der Waals surface area contributed by atoms with E-state index in [-0.39, 0.29) is 19.1 Å². The standard InChI is InChI=1S/C23H28NO4P/c1-5-27-29(26,28-6-2)16-21-20-14-19(17(3)4)12-13-22(20)24(23(21)25)15-18-10-8-7-9-11-18/h7-14,16-17H,5-6,15H2,1-4H3/b21-16+. The quantitative estimate of drug-likeness (QED) is 0.396. The fraction of sp³-hybridized carbons (Fsp3) is 0.348. The van der Waals surface area contributed by atoms with Crippen molar-refractivity contribution in [2.24, 2.45) is 0 Å². The first-order chi connectivity index (χ1) is 13.9. The van der Waals surface area contributed by atoms with E-state index in [1.54, 1.807) is 18.7 Å². The lowest BCUT2D eigenvalue weighted by atomic mass is 9.98. The summed E-state index contributed by atoms with van der Waals surface area (Å²) in [5, 5.41) is 0. The van der Waals surface area contributed by atoms with Gasteiger partial charge in [-0.3, -0.25) is 9.36 Å². The molecule has 0 unspecified atom stereocenters. The van der Waals surface area contributed by atoms with Gasteiger partial charge in [0.2, 0.25) is 0 Å². The highest BCUT2D eigenvalue weighted by atomic mass is 31.2. The van der Waals surface area contributed by atoms with Crippen LogP contribution >= 0.6 is 7.60 Å². The number of anilines is 1. The molecule has 2 aromatic rings. The van der Waals surface area contributed by atoms with Gasteiger partial charge in [-0.05, 0) is 43.0 Å². The fourth-order valence-corrected chi connectivity index (χ4v) is 4.92. The summed E-state index contributed by atoms with van der Waals surface area (Å²) in [6, 6.07) is 15.9. The lowest BCUT2D eigenvalue weighted by Crippen LogP contribution is -2.25. The molecule has 29 heavy (non-hydrogen) atoms. The lowest BCUT2D eigenvalue weighted by Gasteiger charge is -2.18. The second kappa shape index (κ2) is 9.08. The molecule has 3 rings (SSSR count). The van der Waals surface area contributed by atoms with E-state index in [2.05, 4.69) is 13.8 Å². The molecule has 2 aromatic carbocycles. The van der Waals surface area contributed by atoms with Gasteiger partial charge in [0, 0.05) is 11.4 Å². The summed E-state index contributed by atoms with van der Waals surface area (Å²) in [6.45, 7) is 8.65. The summed E-state index contributed by atoms with van der Waals surface area (Å²) in [6.07, 6.45) is 0. The predicted molar refractivity (Wildman–Crippen MR) is 117 cm³/mol. The van der Waals surface area contributed by atoms with Crippen LogP contribution in [0, 0.1) is 0 Å². The molecule has 154 valence electrons. The summed E-state index contributed by atoms with van der Waals surface area (Å²) in [5.41, 5.74) is 4.11. The van der Waals surface area contributed by atoms with Gasteiger partial charge in [-0.15, -0.1) is 0 Å². The molecule has 5 nitrogen and oxygen atoms in total. The zero-order chi connectivity index (χ0) is 21.0. The molecule has 0 radical (unpaired) electrons. The maximum absolute atomic E-state index is 13.4. The van der Waals surface area contributed by atoms with Gasteiger partial charge in [0.05, 0.1) is 31.0 Å². The SMILES string of the molecule is CCOP(=O)(/C=C1/C(=O)N(Cc2ccccc2)c2ccc(C(C)C)cc21)OCC. The zero-order valence-electron chi connectivity index (χ0n) is 17.4. The van der Waals surface area contributed by atoms with Crippen molar-refractivity contribution in [2.75, 3.05) is 18.1 Å². The Balaban J connectivity index is 2.10. The van der Waals surface area contributed by atoms with Crippen LogP contribution < -0.4 is 4.90 Å². The van der Waals surface area contributed by atoms with E-state index < -0.39 is 7.60 Å². The third-order valence-corrected chi connectivity index (χ3v) is 6.64. The number of carbonyl (C=O) groups is 1. The van der Waals surface area contributed by atoms with E-state index in [0.29, 0.717) is 18.0 Å². The third-order valence-electron chi connectivity index (χ3n) is 4.83. The van der Waals surface area contributed by atoms with Crippen molar-refractivity contribution in [3.05, 3.63) is 71.0 Å². The molecule has 0 bridgehead atoms. The van der Waals surface area contributed by atoms with Crippen LogP contribution in [0.2, 0.25) is 0 Å². The van der Waals surface area contributed by atoms with E-state index >= 15 is 0 Å². The highest BCUT2D eigenvalue weighted by molar-refractivity contribution is 7.57. The zero-order valence-corrected chi connectivity index (χ0v) is 18.3. The van der Waals surface area contributed by atoms with Crippen LogP contribution in [-0.4, -0.2) is 19.1 Å². The number of fused-ring (bicyclic) bond motifs is 1. The largest absolute Gasteiger partial charge is 0.354 e. The van der Waals surface area contributed by atoms with Gasteiger partial charge >= 0.3 is 7.60 Å². The Bertz CT molecular complexity index is 943. The Morgan fingerprint density at radius 3 is 2.28 bits per heavy atom. The maximum Gasteiger partial charge on any atom is 0.354 e.